The van der Waals surface area contributed by atoms with Crippen LogP contribution in [0.25, 0.3) is 0 Å². The van der Waals surface area contributed by atoms with Gasteiger partial charge in [-0.05, 0) is 56.9 Å². The first kappa shape index (κ1) is 22.2. The molecular weight excluding hydrogens is 430 g/mol. The molecule has 2 saturated heterocycles. The number of alkyl halides is 2. The third-order valence-electron chi connectivity index (χ3n) is 5.96. The van der Waals surface area contributed by atoms with Crippen molar-refractivity contribution in [3.8, 4) is 0 Å². The van der Waals surface area contributed by atoms with Gasteiger partial charge in [0.15, 0.2) is 0 Å². The highest BCUT2D eigenvalue weighted by Gasteiger charge is 2.53. The van der Waals surface area contributed by atoms with E-state index < -0.39 is 53.3 Å². The summed E-state index contributed by atoms with van der Waals surface area (Å²) in [4.78, 5) is 29.9. The first-order valence-electron chi connectivity index (χ1n) is 10.2. The maximum absolute atomic E-state index is 15.2. The fourth-order valence-corrected chi connectivity index (χ4v) is 4.57. The molecule has 2 fully saturated rings. The second-order valence-electron chi connectivity index (χ2n) is 8.27. The van der Waals surface area contributed by atoms with E-state index in [1.807, 2.05) is 0 Å². The van der Waals surface area contributed by atoms with Gasteiger partial charge in [-0.25, -0.2) is 9.37 Å². The van der Waals surface area contributed by atoms with Gasteiger partial charge < -0.3 is 15.3 Å². The number of benzene rings is 1. The molecule has 3 atom stereocenters. The molecule has 1 aromatic carbocycles. The molecule has 170 valence electrons. The molecule has 0 saturated carbocycles. The van der Waals surface area contributed by atoms with Gasteiger partial charge in [-0.2, -0.15) is 13.2 Å². The average Bonchev–Trinajstić information content (AvgIpc) is 2.97. The van der Waals surface area contributed by atoms with E-state index in [4.69, 9.17) is 0 Å². The van der Waals surface area contributed by atoms with Gasteiger partial charge in [0.2, 0.25) is 5.95 Å². The number of carbonyl (C=O) groups is 2. The Morgan fingerprint density at radius 2 is 1.78 bits per heavy atom. The van der Waals surface area contributed by atoms with E-state index in [-0.39, 0.29) is 24.1 Å². The normalized spacial score (nSPS) is 22.7. The van der Waals surface area contributed by atoms with Gasteiger partial charge in [-0.3, -0.25) is 9.59 Å². The molecule has 4 rings (SSSR count). The lowest BCUT2D eigenvalue weighted by atomic mass is 9.96. The van der Waals surface area contributed by atoms with Gasteiger partial charge in [0, 0.05) is 35.1 Å². The van der Waals surface area contributed by atoms with E-state index in [0.717, 1.165) is 17.0 Å². The molecule has 0 unspecified atom stereocenters. The molecule has 2 bridgehead atoms. The van der Waals surface area contributed by atoms with Crippen molar-refractivity contribution in [2.24, 2.45) is 0 Å². The third-order valence-corrected chi connectivity index (χ3v) is 5.96. The number of piperidine rings is 1. The molecule has 1 aromatic heterocycles. The molecular formula is C22H21F4N3O3. The lowest BCUT2D eigenvalue weighted by Gasteiger charge is -2.39. The maximum atomic E-state index is 15.2. The minimum atomic E-state index is -4.21. The van der Waals surface area contributed by atoms with Crippen LogP contribution in [-0.2, 0) is 10.7 Å². The number of carbonyl (C=O) groups excluding carboxylic acids is 2. The second kappa shape index (κ2) is 8.16. The maximum Gasteiger partial charge on any atom is 0.352 e. The number of nitrogens with one attached hydrogen (secondary N) is 1. The Morgan fingerprint density at radius 1 is 1.12 bits per heavy atom. The van der Waals surface area contributed by atoms with Crippen LogP contribution in [0, 0.1) is 18.7 Å². The molecule has 32 heavy (non-hydrogen) atoms. The number of aromatic nitrogens is 1. The van der Waals surface area contributed by atoms with E-state index >= 15 is 8.78 Å². The predicted molar refractivity (Wildman–Crippen MR) is 106 cm³/mol. The molecule has 2 aliphatic rings. The Labute approximate surface area is 181 Å². The lowest BCUT2D eigenvalue weighted by Crippen LogP contribution is -2.53. The molecule has 6 nitrogen and oxygen atoms in total. The Hall–Kier alpha value is -3.01. The summed E-state index contributed by atoms with van der Waals surface area (Å²) in [5.41, 5.74) is -1.19. The van der Waals surface area contributed by atoms with E-state index in [9.17, 15) is 23.5 Å². The van der Waals surface area contributed by atoms with Crippen LogP contribution in [0.4, 0.5) is 23.2 Å². The first-order chi connectivity index (χ1) is 15.1. The largest absolute Gasteiger partial charge is 0.393 e. The zero-order valence-corrected chi connectivity index (χ0v) is 17.1. The molecule has 10 heteroatoms. The highest BCUT2D eigenvalue weighted by molar-refractivity contribution is 6.04. The summed E-state index contributed by atoms with van der Waals surface area (Å²) in [5, 5.41) is 12.2. The van der Waals surface area contributed by atoms with Gasteiger partial charge >= 0.3 is 5.92 Å². The van der Waals surface area contributed by atoms with Gasteiger partial charge in [-0.15, -0.1) is 0 Å². The summed E-state index contributed by atoms with van der Waals surface area (Å²) in [6.45, 7) is 1.51. The quantitative estimate of drug-likeness (QED) is 0.551. The van der Waals surface area contributed by atoms with E-state index in [2.05, 4.69) is 10.3 Å². The first-order valence-corrected chi connectivity index (χ1v) is 10.2. The summed E-state index contributed by atoms with van der Waals surface area (Å²) >= 11 is 0. The zero-order valence-electron chi connectivity index (χ0n) is 17.1. The van der Waals surface area contributed by atoms with Crippen molar-refractivity contribution < 1.29 is 32.3 Å². The van der Waals surface area contributed by atoms with Crippen LogP contribution in [0.5, 0.6) is 0 Å². The Kier molecular flexibility index (Phi) is 5.66. The molecule has 0 spiro atoms. The highest BCUT2D eigenvalue weighted by atomic mass is 19.3. The number of pyridine rings is 1. The number of hydrogen-bond donors (Lipinski definition) is 2. The smallest absolute Gasteiger partial charge is 0.352 e. The van der Waals surface area contributed by atoms with E-state index in [1.165, 1.54) is 13.0 Å². The highest BCUT2D eigenvalue weighted by Crippen LogP contribution is 2.41. The summed E-state index contributed by atoms with van der Waals surface area (Å²) in [7, 11) is 0. The van der Waals surface area contributed by atoms with Crippen LogP contribution in [0.3, 0.4) is 0 Å². The third kappa shape index (κ3) is 4.06. The summed E-state index contributed by atoms with van der Waals surface area (Å²) in [6, 6.07) is 3.60. The molecule has 2 aliphatic heterocycles. The van der Waals surface area contributed by atoms with Crippen LogP contribution >= 0.6 is 0 Å². The number of amides is 2. The molecule has 3 heterocycles. The van der Waals surface area contributed by atoms with Crippen molar-refractivity contribution in [3.05, 3.63) is 58.9 Å². The fourth-order valence-electron chi connectivity index (χ4n) is 4.57. The van der Waals surface area contributed by atoms with Gasteiger partial charge in [0.25, 0.3) is 11.8 Å². The van der Waals surface area contributed by atoms with E-state index in [0.29, 0.717) is 30.7 Å². The number of nitrogens with zero attached hydrogens (tertiary/aromatic N) is 2. The molecule has 2 amide bonds. The van der Waals surface area contributed by atoms with Crippen LogP contribution in [-0.4, -0.2) is 45.0 Å². The average molecular weight is 451 g/mol. The monoisotopic (exact) mass is 451 g/mol. The summed E-state index contributed by atoms with van der Waals surface area (Å²) < 4.78 is 58.1. The minimum Gasteiger partial charge on any atom is -0.393 e. The predicted octanol–water partition coefficient (Wildman–Crippen LogP) is 3.53. The number of aliphatic hydroxyl groups is 1. The molecule has 2 aromatic rings. The van der Waals surface area contributed by atoms with Crippen molar-refractivity contribution >= 4 is 17.5 Å². The Bertz CT molecular complexity index is 1040. The SMILES string of the molecule is Cc1cc(NC(=O)c2ccc(F)c(C(F)(F)C(=O)N3[C@@H]4CC[C@H]3C[C@@H](O)C4)c2)cc(F)n1. The Balaban J connectivity index is 1.60. The van der Waals surface area contributed by atoms with Crippen molar-refractivity contribution in [1.29, 1.82) is 0 Å². The van der Waals surface area contributed by atoms with Crippen LogP contribution in [0.1, 0.15) is 47.3 Å². The lowest BCUT2D eigenvalue weighted by molar-refractivity contribution is -0.166. The molecule has 2 N–H and O–H groups in total. The van der Waals surface area contributed by atoms with Crippen LogP contribution in [0.15, 0.2) is 30.3 Å². The second-order valence-corrected chi connectivity index (χ2v) is 8.27. The number of halogens is 4. The van der Waals surface area contributed by atoms with Crippen molar-refractivity contribution in [2.75, 3.05) is 5.32 Å². The zero-order chi connectivity index (χ0) is 23.2. The fraction of sp³-hybridized carbons (Fsp3) is 0.409. The van der Waals surface area contributed by atoms with E-state index in [1.54, 1.807) is 0 Å². The summed E-state index contributed by atoms with van der Waals surface area (Å²) in [5.74, 6) is -8.78. The number of aryl methyl sites for hydroxylation is 1. The van der Waals surface area contributed by atoms with Gasteiger partial charge in [-0.1, -0.05) is 0 Å². The number of anilines is 1. The number of rotatable bonds is 4. The van der Waals surface area contributed by atoms with Crippen LogP contribution < -0.4 is 5.32 Å². The Morgan fingerprint density at radius 3 is 2.41 bits per heavy atom. The minimum absolute atomic E-state index is 0.0529. The van der Waals surface area contributed by atoms with Gasteiger partial charge in [0.05, 0.1) is 11.7 Å². The van der Waals surface area contributed by atoms with Gasteiger partial charge in [0.1, 0.15) is 5.82 Å². The van der Waals surface area contributed by atoms with Crippen LogP contribution in [0.2, 0.25) is 0 Å². The standard InChI is InChI=1S/C22H21F4N3O3/c1-11-6-13(8-19(24)27-11)28-20(31)12-2-5-18(23)17(7-12)22(25,26)21(32)29-14-3-4-15(29)10-16(30)9-14/h2,5-8,14-16,30H,3-4,9-10H2,1H3,(H,27,28,31)/t14-,15+,16+. The summed E-state index contributed by atoms with van der Waals surface area (Å²) in [6.07, 6.45) is 0.735. The number of fused-ring (bicyclic) bond motifs is 2. The number of aliphatic hydroxyl groups excluding tert-OH is 1. The molecule has 0 aliphatic carbocycles. The van der Waals surface area contributed by atoms with Crippen molar-refractivity contribution in [3.63, 3.8) is 0 Å². The number of hydrogen-bond acceptors (Lipinski definition) is 4. The van der Waals surface area contributed by atoms with Crippen molar-refractivity contribution in [2.45, 2.75) is 56.7 Å². The molecule has 0 radical (unpaired) electrons. The topological polar surface area (TPSA) is 82.5 Å². The van der Waals surface area contributed by atoms with Crippen molar-refractivity contribution in [1.82, 2.24) is 9.88 Å².